The van der Waals surface area contributed by atoms with E-state index in [0.717, 1.165) is 20.3 Å². The van der Waals surface area contributed by atoms with Gasteiger partial charge in [-0.05, 0) is 40.2 Å². The summed E-state index contributed by atoms with van der Waals surface area (Å²) in [4.78, 5) is 16.3. The molecule has 0 saturated heterocycles. The number of amides is 1. The number of carbonyl (C=O) groups is 1. The van der Waals surface area contributed by atoms with Gasteiger partial charge in [0, 0.05) is 27.3 Å². The molecule has 27 heavy (non-hydrogen) atoms. The Morgan fingerprint density at radius 2 is 1.89 bits per heavy atom. The largest absolute Gasteiger partial charge is 0.310 e. The Morgan fingerprint density at radius 1 is 1.15 bits per heavy atom. The molecular formula is C18H15Br2N5OS. The number of carbonyl (C=O) groups excluding carboxylic acids is 1. The van der Waals surface area contributed by atoms with Crippen molar-refractivity contribution in [2.75, 3.05) is 11.1 Å². The topological polar surface area (TPSA) is 72.7 Å². The number of benzene rings is 1. The number of hydrogen-bond donors (Lipinski definition) is 1. The van der Waals surface area contributed by atoms with Crippen molar-refractivity contribution in [1.29, 1.82) is 0 Å². The number of allylic oxidation sites excluding steroid dienone is 1. The molecule has 1 N–H and O–H groups in total. The lowest BCUT2D eigenvalue weighted by Crippen LogP contribution is -2.15. The molecule has 138 valence electrons. The van der Waals surface area contributed by atoms with Gasteiger partial charge in [0.2, 0.25) is 5.91 Å². The van der Waals surface area contributed by atoms with Crippen molar-refractivity contribution in [2.45, 2.75) is 11.7 Å². The van der Waals surface area contributed by atoms with Crippen LogP contribution in [0.15, 0.2) is 69.4 Å². The summed E-state index contributed by atoms with van der Waals surface area (Å²) in [6.07, 6.45) is 3.41. The quantitative estimate of drug-likeness (QED) is 0.367. The van der Waals surface area contributed by atoms with E-state index in [1.807, 2.05) is 34.9 Å². The third-order valence-electron chi connectivity index (χ3n) is 3.46. The van der Waals surface area contributed by atoms with Gasteiger partial charge in [-0.2, -0.15) is 0 Å². The van der Waals surface area contributed by atoms with E-state index in [1.54, 1.807) is 18.3 Å². The maximum Gasteiger partial charge on any atom is 0.236 e. The number of pyridine rings is 1. The summed E-state index contributed by atoms with van der Waals surface area (Å²) in [6.45, 7) is 4.35. The van der Waals surface area contributed by atoms with Crippen LogP contribution in [0.1, 0.15) is 0 Å². The van der Waals surface area contributed by atoms with Crippen LogP contribution in [0, 0.1) is 0 Å². The fourth-order valence-electron chi connectivity index (χ4n) is 2.26. The zero-order valence-corrected chi connectivity index (χ0v) is 18.1. The normalized spacial score (nSPS) is 10.6. The lowest BCUT2D eigenvalue weighted by atomic mass is 10.2. The van der Waals surface area contributed by atoms with Gasteiger partial charge < -0.3 is 5.32 Å². The number of nitrogens with zero attached hydrogens (tertiary/aromatic N) is 4. The fraction of sp³-hybridized carbons (Fsp3) is 0.111. The number of thioether (sulfide) groups is 1. The maximum absolute atomic E-state index is 12.2. The fourth-order valence-corrected chi connectivity index (χ4v) is 3.51. The molecule has 0 fully saturated rings. The van der Waals surface area contributed by atoms with Gasteiger partial charge in [-0.25, -0.2) is 4.98 Å². The summed E-state index contributed by atoms with van der Waals surface area (Å²) in [6, 6.07) is 11.4. The van der Waals surface area contributed by atoms with Crippen molar-refractivity contribution < 1.29 is 4.79 Å². The summed E-state index contributed by atoms with van der Waals surface area (Å²) in [7, 11) is 0. The van der Waals surface area contributed by atoms with Crippen LogP contribution in [0.5, 0.6) is 0 Å². The second-order valence-corrected chi connectivity index (χ2v) is 8.18. The van der Waals surface area contributed by atoms with Gasteiger partial charge in [0.15, 0.2) is 11.0 Å². The van der Waals surface area contributed by atoms with E-state index < -0.39 is 0 Å². The van der Waals surface area contributed by atoms with Gasteiger partial charge in [-0.1, -0.05) is 45.9 Å². The SMILES string of the molecule is C=CCn1c(SCC(=O)Nc2ccc(Br)cn2)nnc1-c1ccc(Br)cc1. The van der Waals surface area contributed by atoms with Crippen molar-refractivity contribution >= 4 is 55.3 Å². The highest BCUT2D eigenvalue weighted by Gasteiger charge is 2.15. The highest BCUT2D eigenvalue weighted by Crippen LogP contribution is 2.25. The Labute approximate surface area is 177 Å². The third-order valence-corrected chi connectivity index (χ3v) is 5.42. The van der Waals surface area contributed by atoms with Gasteiger partial charge in [0.25, 0.3) is 0 Å². The summed E-state index contributed by atoms with van der Waals surface area (Å²) in [5, 5.41) is 11.9. The average Bonchev–Trinajstić information content (AvgIpc) is 3.06. The number of rotatable bonds is 7. The molecule has 9 heteroatoms. The predicted molar refractivity (Wildman–Crippen MR) is 115 cm³/mol. The van der Waals surface area contributed by atoms with Gasteiger partial charge in [0.05, 0.1) is 5.75 Å². The van der Waals surface area contributed by atoms with Gasteiger partial charge in [0.1, 0.15) is 5.82 Å². The van der Waals surface area contributed by atoms with Crippen LogP contribution in [0.3, 0.4) is 0 Å². The number of hydrogen-bond acceptors (Lipinski definition) is 5. The van der Waals surface area contributed by atoms with E-state index in [0.29, 0.717) is 17.5 Å². The molecule has 0 saturated carbocycles. The van der Waals surface area contributed by atoms with Gasteiger partial charge in [-0.3, -0.25) is 9.36 Å². The van der Waals surface area contributed by atoms with Crippen molar-refractivity contribution in [1.82, 2.24) is 19.7 Å². The Kier molecular flexibility index (Phi) is 6.81. The minimum atomic E-state index is -0.159. The summed E-state index contributed by atoms with van der Waals surface area (Å²) in [5.74, 6) is 1.29. The number of nitrogens with one attached hydrogen (secondary N) is 1. The average molecular weight is 509 g/mol. The zero-order valence-electron chi connectivity index (χ0n) is 14.1. The molecule has 0 atom stereocenters. The van der Waals surface area contributed by atoms with E-state index in [-0.39, 0.29) is 11.7 Å². The molecule has 0 radical (unpaired) electrons. The second-order valence-electron chi connectivity index (χ2n) is 5.41. The zero-order chi connectivity index (χ0) is 19.2. The first kappa shape index (κ1) is 19.8. The van der Waals surface area contributed by atoms with Crippen molar-refractivity contribution in [3.8, 4) is 11.4 Å². The molecule has 0 bridgehead atoms. The first-order chi connectivity index (χ1) is 13.1. The Bertz CT molecular complexity index is 941. The van der Waals surface area contributed by atoms with E-state index in [1.165, 1.54) is 11.8 Å². The van der Waals surface area contributed by atoms with Gasteiger partial charge in [-0.15, -0.1) is 16.8 Å². The van der Waals surface area contributed by atoms with Crippen LogP contribution < -0.4 is 5.32 Å². The first-order valence-corrected chi connectivity index (χ1v) is 10.5. The smallest absolute Gasteiger partial charge is 0.236 e. The highest BCUT2D eigenvalue weighted by atomic mass is 79.9. The predicted octanol–water partition coefficient (Wildman–Crippen LogP) is 4.78. The number of anilines is 1. The van der Waals surface area contributed by atoms with Crippen molar-refractivity contribution in [3.63, 3.8) is 0 Å². The first-order valence-electron chi connectivity index (χ1n) is 7.91. The molecule has 1 amide bonds. The summed E-state index contributed by atoms with van der Waals surface area (Å²) >= 11 is 8.06. The summed E-state index contributed by atoms with van der Waals surface area (Å²) in [5.41, 5.74) is 0.947. The molecule has 0 spiro atoms. The highest BCUT2D eigenvalue weighted by molar-refractivity contribution is 9.10. The lowest BCUT2D eigenvalue weighted by molar-refractivity contribution is -0.113. The van der Waals surface area contributed by atoms with Crippen LogP contribution >= 0.6 is 43.6 Å². The Balaban J connectivity index is 1.70. The van der Waals surface area contributed by atoms with E-state index >= 15 is 0 Å². The minimum absolute atomic E-state index is 0.159. The molecule has 1 aromatic carbocycles. The molecule has 2 aromatic heterocycles. The van der Waals surface area contributed by atoms with E-state index in [9.17, 15) is 4.79 Å². The molecule has 3 aromatic rings. The molecule has 3 rings (SSSR count). The van der Waals surface area contributed by atoms with Crippen molar-refractivity contribution in [2.24, 2.45) is 0 Å². The van der Waals surface area contributed by atoms with Crippen LogP contribution in [0.4, 0.5) is 5.82 Å². The lowest BCUT2D eigenvalue weighted by Gasteiger charge is -2.08. The molecule has 0 aliphatic rings. The monoisotopic (exact) mass is 507 g/mol. The maximum atomic E-state index is 12.2. The summed E-state index contributed by atoms with van der Waals surface area (Å²) < 4.78 is 3.79. The molecule has 6 nitrogen and oxygen atoms in total. The van der Waals surface area contributed by atoms with E-state index in [4.69, 9.17) is 0 Å². The Hall–Kier alpha value is -1.97. The minimum Gasteiger partial charge on any atom is -0.310 e. The van der Waals surface area contributed by atoms with Crippen LogP contribution in [0.2, 0.25) is 0 Å². The molecular weight excluding hydrogens is 494 g/mol. The Morgan fingerprint density at radius 3 is 2.56 bits per heavy atom. The molecule has 0 aliphatic heterocycles. The van der Waals surface area contributed by atoms with Crippen LogP contribution in [-0.4, -0.2) is 31.4 Å². The standard InChI is InChI=1S/C18H15Br2N5OS/c1-2-9-25-17(12-3-5-13(19)6-4-12)23-24-18(25)27-11-16(26)22-15-8-7-14(20)10-21-15/h2-8,10H,1,9,11H2,(H,21,22,26). The van der Waals surface area contributed by atoms with Gasteiger partial charge >= 0.3 is 0 Å². The van der Waals surface area contributed by atoms with E-state index in [2.05, 4.69) is 58.9 Å². The third kappa shape index (κ3) is 5.27. The number of aromatic nitrogens is 4. The molecule has 0 unspecified atom stereocenters. The second kappa shape index (κ2) is 9.29. The number of halogens is 2. The van der Waals surface area contributed by atoms with Crippen LogP contribution in [0.25, 0.3) is 11.4 Å². The van der Waals surface area contributed by atoms with Crippen molar-refractivity contribution in [3.05, 3.63) is 64.2 Å². The van der Waals surface area contributed by atoms with Crippen LogP contribution in [-0.2, 0) is 11.3 Å². The molecule has 0 aliphatic carbocycles. The molecule has 2 heterocycles.